The number of hydrogen-bond donors (Lipinski definition) is 1. The van der Waals surface area contributed by atoms with Crippen molar-refractivity contribution in [3.63, 3.8) is 0 Å². The summed E-state index contributed by atoms with van der Waals surface area (Å²) in [6.45, 7) is 0. The van der Waals surface area contributed by atoms with E-state index < -0.39 is 11.9 Å². The SMILES string of the molecule is O=C(Cc1ccc2ccncc2c1)Nc1ncn2c(C(F)(F)F)csc12. The van der Waals surface area contributed by atoms with E-state index in [4.69, 9.17) is 0 Å². The summed E-state index contributed by atoms with van der Waals surface area (Å²) in [5.74, 6) is -0.228. The molecule has 0 bridgehead atoms. The molecule has 0 saturated heterocycles. The summed E-state index contributed by atoms with van der Waals surface area (Å²) in [5.41, 5.74) is -0.0341. The van der Waals surface area contributed by atoms with E-state index >= 15 is 0 Å². The lowest BCUT2D eigenvalue weighted by Gasteiger charge is -2.04. The first kappa shape index (κ1) is 16.5. The Morgan fingerprint density at radius 1 is 1.23 bits per heavy atom. The van der Waals surface area contributed by atoms with Gasteiger partial charge in [-0.05, 0) is 23.1 Å². The molecule has 0 aliphatic carbocycles. The third kappa shape index (κ3) is 3.01. The standard InChI is InChI=1S/C17H11F3N4OS/c18-17(19,20)13-8-26-16-15(22-9-24(13)16)23-14(25)6-10-1-2-11-3-4-21-7-12(11)5-10/h1-5,7-9H,6H2,(H,23,25). The molecule has 132 valence electrons. The molecule has 4 aromatic rings. The van der Waals surface area contributed by atoms with E-state index in [0.717, 1.165) is 43.8 Å². The number of thiazole rings is 1. The highest BCUT2D eigenvalue weighted by atomic mass is 32.1. The van der Waals surface area contributed by atoms with Gasteiger partial charge < -0.3 is 5.32 Å². The molecule has 4 rings (SSSR count). The number of fused-ring (bicyclic) bond motifs is 2. The smallest absolute Gasteiger partial charge is 0.308 e. The highest BCUT2D eigenvalue weighted by Crippen LogP contribution is 2.34. The summed E-state index contributed by atoms with van der Waals surface area (Å²) in [6, 6.07) is 7.45. The van der Waals surface area contributed by atoms with E-state index in [2.05, 4.69) is 15.3 Å². The lowest BCUT2D eigenvalue weighted by molar-refractivity contribution is -0.141. The zero-order valence-electron chi connectivity index (χ0n) is 13.1. The Balaban J connectivity index is 1.54. The zero-order valence-corrected chi connectivity index (χ0v) is 13.9. The van der Waals surface area contributed by atoms with Crippen LogP contribution < -0.4 is 5.32 Å². The summed E-state index contributed by atoms with van der Waals surface area (Å²) >= 11 is 0.882. The molecule has 0 fully saturated rings. The van der Waals surface area contributed by atoms with Gasteiger partial charge in [-0.25, -0.2) is 4.98 Å². The largest absolute Gasteiger partial charge is 0.432 e. The number of carbonyl (C=O) groups is 1. The maximum atomic E-state index is 12.9. The maximum Gasteiger partial charge on any atom is 0.432 e. The Labute approximate surface area is 149 Å². The lowest BCUT2D eigenvalue weighted by Crippen LogP contribution is -2.14. The molecule has 1 amide bonds. The molecular weight excluding hydrogens is 365 g/mol. The summed E-state index contributed by atoms with van der Waals surface area (Å²) in [6.07, 6.45) is 0.0710. The number of nitrogens with one attached hydrogen (secondary N) is 1. The molecule has 5 nitrogen and oxygen atoms in total. The van der Waals surface area contributed by atoms with Gasteiger partial charge in [0, 0.05) is 23.2 Å². The van der Waals surface area contributed by atoms with E-state index in [1.165, 1.54) is 0 Å². The number of carbonyl (C=O) groups excluding carboxylic acids is 1. The minimum Gasteiger partial charge on any atom is -0.308 e. The number of hydrogen-bond acceptors (Lipinski definition) is 4. The van der Waals surface area contributed by atoms with Crippen LogP contribution in [0.3, 0.4) is 0 Å². The van der Waals surface area contributed by atoms with Crippen LogP contribution in [0.5, 0.6) is 0 Å². The van der Waals surface area contributed by atoms with Crippen LogP contribution in [0.15, 0.2) is 48.4 Å². The van der Waals surface area contributed by atoms with Crippen LogP contribution in [0.4, 0.5) is 19.0 Å². The van der Waals surface area contributed by atoms with Crippen molar-refractivity contribution in [2.24, 2.45) is 0 Å². The van der Waals surface area contributed by atoms with Crippen molar-refractivity contribution in [3.05, 3.63) is 59.6 Å². The molecule has 3 heterocycles. The van der Waals surface area contributed by atoms with Crippen molar-refractivity contribution < 1.29 is 18.0 Å². The summed E-state index contributed by atoms with van der Waals surface area (Å²) in [7, 11) is 0. The quantitative estimate of drug-likeness (QED) is 0.585. The summed E-state index contributed by atoms with van der Waals surface area (Å²) < 4.78 is 39.6. The van der Waals surface area contributed by atoms with Crippen molar-refractivity contribution >= 4 is 38.7 Å². The summed E-state index contributed by atoms with van der Waals surface area (Å²) in [5, 5.41) is 5.51. The minimum absolute atomic E-state index is 0.0847. The second kappa shape index (κ2) is 6.10. The normalized spacial score (nSPS) is 12.0. The van der Waals surface area contributed by atoms with Crippen LogP contribution in [-0.4, -0.2) is 20.3 Å². The van der Waals surface area contributed by atoms with Crippen LogP contribution in [0.1, 0.15) is 11.3 Å². The second-order valence-electron chi connectivity index (χ2n) is 5.67. The van der Waals surface area contributed by atoms with E-state index in [-0.39, 0.29) is 23.0 Å². The molecule has 0 atom stereocenters. The molecule has 1 aromatic carbocycles. The molecule has 0 aliphatic rings. The van der Waals surface area contributed by atoms with Gasteiger partial charge in [0.05, 0.1) is 6.42 Å². The van der Waals surface area contributed by atoms with Crippen molar-refractivity contribution in [1.82, 2.24) is 14.4 Å². The Morgan fingerprint density at radius 2 is 2.08 bits per heavy atom. The highest BCUT2D eigenvalue weighted by Gasteiger charge is 2.35. The predicted molar refractivity (Wildman–Crippen MR) is 92.1 cm³/mol. The van der Waals surface area contributed by atoms with Crippen molar-refractivity contribution in [2.45, 2.75) is 12.6 Å². The van der Waals surface area contributed by atoms with Gasteiger partial charge in [-0.2, -0.15) is 13.2 Å². The minimum atomic E-state index is -4.47. The van der Waals surface area contributed by atoms with Crippen molar-refractivity contribution in [1.29, 1.82) is 0 Å². The molecule has 0 radical (unpaired) electrons. The molecule has 3 aromatic heterocycles. The summed E-state index contributed by atoms with van der Waals surface area (Å²) in [4.78, 5) is 20.5. The molecule has 1 N–H and O–H groups in total. The zero-order chi connectivity index (χ0) is 18.3. The third-order valence-corrected chi connectivity index (χ3v) is 4.84. The predicted octanol–water partition coefficient (Wildman–Crippen LogP) is 4.14. The Kier molecular flexibility index (Phi) is 3.87. The average Bonchev–Trinajstić information content (AvgIpc) is 3.17. The number of halogens is 3. The maximum absolute atomic E-state index is 12.9. The van der Waals surface area contributed by atoms with E-state index in [1.54, 1.807) is 12.4 Å². The molecular formula is C17H11F3N4OS. The fourth-order valence-electron chi connectivity index (χ4n) is 2.69. The topological polar surface area (TPSA) is 59.3 Å². The van der Waals surface area contributed by atoms with Gasteiger partial charge in [-0.1, -0.05) is 12.1 Å². The van der Waals surface area contributed by atoms with Crippen LogP contribution in [-0.2, 0) is 17.4 Å². The molecule has 0 spiro atoms. The van der Waals surface area contributed by atoms with Gasteiger partial charge in [0.15, 0.2) is 5.82 Å². The number of nitrogens with zero attached hydrogens (tertiary/aromatic N) is 3. The fourth-order valence-corrected chi connectivity index (χ4v) is 3.63. The van der Waals surface area contributed by atoms with Crippen LogP contribution >= 0.6 is 11.3 Å². The highest BCUT2D eigenvalue weighted by molar-refractivity contribution is 7.16. The van der Waals surface area contributed by atoms with E-state index in [9.17, 15) is 18.0 Å². The van der Waals surface area contributed by atoms with Crippen molar-refractivity contribution in [3.8, 4) is 0 Å². The van der Waals surface area contributed by atoms with Crippen LogP contribution in [0.2, 0.25) is 0 Å². The van der Waals surface area contributed by atoms with Gasteiger partial charge in [-0.3, -0.25) is 14.2 Å². The van der Waals surface area contributed by atoms with E-state index in [1.807, 2.05) is 24.3 Å². The first-order chi connectivity index (χ1) is 12.4. The molecule has 0 aliphatic heterocycles. The third-order valence-electron chi connectivity index (χ3n) is 3.88. The van der Waals surface area contributed by atoms with Gasteiger partial charge in [-0.15, -0.1) is 11.3 Å². The van der Waals surface area contributed by atoms with Crippen LogP contribution in [0, 0.1) is 0 Å². The number of imidazole rings is 1. The molecule has 0 saturated carbocycles. The lowest BCUT2D eigenvalue weighted by atomic mass is 10.1. The Hall–Kier alpha value is -2.94. The van der Waals surface area contributed by atoms with Gasteiger partial charge in [0.1, 0.15) is 16.9 Å². The van der Waals surface area contributed by atoms with Gasteiger partial charge in [0.25, 0.3) is 0 Å². The van der Waals surface area contributed by atoms with Gasteiger partial charge in [0.2, 0.25) is 5.91 Å². The molecule has 0 unspecified atom stereocenters. The Morgan fingerprint density at radius 3 is 2.88 bits per heavy atom. The van der Waals surface area contributed by atoms with Crippen molar-refractivity contribution in [2.75, 3.05) is 5.32 Å². The number of anilines is 1. The number of alkyl halides is 3. The first-order valence-electron chi connectivity index (χ1n) is 7.56. The number of amides is 1. The number of rotatable bonds is 3. The second-order valence-corrected chi connectivity index (χ2v) is 6.53. The average molecular weight is 376 g/mol. The first-order valence-corrected chi connectivity index (χ1v) is 8.44. The Bertz CT molecular complexity index is 1120. The number of benzene rings is 1. The molecule has 26 heavy (non-hydrogen) atoms. The monoisotopic (exact) mass is 376 g/mol. The number of aromatic nitrogens is 3. The fraction of sp³-hybridized carbons (Fsp3) is 0.118. The van der Waals surface area contributed by atoms with Crippen LogP contribution in [0.25, 0.3) is 15.6 Å². The molecule has 9 heteroatoms. The van der Waals surface area contributed by atoms with Gasteiger partial charge >= 0.3 is 6.18 Å². The number of pyridine rings is 1. The van der Waals surface area contributed by atoms with E-state index in [0.29, 0.717) is 0 Å².